The quantitative estimate of drug-likeness (QED) is 0.875. The summed E-state index contributed by atoms with van der Waals surface area (Å²) in [5.41, 5.74) is 9.76. The molecule has 3 rings (SSSR count). The van der Waals surface area contributed by atoms with Crippen molar-refractivity contribution >= 4 is 33.4 Å². The van der Waals surface area contributed by atoms with Crippen LogP contribution in [0.5, 0.6) is 0 Å². The molecule has 0 unspecified atom stereocenters. The number of hydrogen-bond acceptors (Lipinski definition) is 4. The van der Waals surface area contributed by atoms with Gasteiger partial charge in [-0.15, -0.1) is 10.2 Å². The Kier molecular flexibility index (Phi) is 4.05. The van der Waals surface area contributed by atoms with Crippen LogP contribution < -0.4 is 11.2 Å². The molecule has 21 heavy (non-hydrogen) atoms. The summed E-state index contributed by atoms with van der Waals surface area (Å²) in [4.78, 5) is 0. The molecule has 0 bridgehead atoms. The van der Waals surface area contributed by atoms with Gasteiger partial charge in [0.15, 0.2) is 0 Å². The molecule has 2 aromatic rings. The summed E-state index contributed by atoms with van der Waals surface area (Å²) in [6.45, 7) is 4.28. The van der Waals surface area contributed by atoms with Gasteiger partial charge in [0.2, 0.25) is 11.0 Å². The van der Waals surface area contributed by atoms with Gasteiger partial charge in [-0.3, -0.25) is 5.43 Å². The lowest BCUT2D eigenvalue weighted by Gasteiger charge is -2.21. The highest BCUT2D eigenvalue weighted by atomic mass is 79.9. The van der Waals surface area contributed by atoms with Gasteiger partial charge >= 0.3 is 0 Å². The van der Waals surface area contributed by atoms with Gasteiger partial charge in [0.1, 0.15) is 6.04 Å². The largest absolute Gasteiger partial charge is 0.348 e. The van der Waals surface area contributed by atoms with Gasteiger partial charge in [-0.2, -0.15) is 0 Å². The van der Waals surface area contributed by atoms with E-state index in [0.29, 0.717) is 5.92 Å². The van der Waals surface area contributed by atoms with Gasteiger partial charge < -0.3 is 5.73 Å². The van der Waals surface area contributed by atoms with E-state index in [4.69, 9.17) is 0 Å². The van der Waals surface area contributed by atoms with Gasteiger partial charge in [-0.05, 0) is 12.1 Å². The van der Waals surface area contributed by atoms with Crippen LogP contribution in [-0.4, -0.2) is 14.9 Å². The van der Waals surface area contributed by atoms with Crippen molar-refractivity contribution in [3.8, 4) is 0 Å². The van der Waals surface area contributed by atoms with E-state index in [1.807, 2.05) is 16.8 Å². The number of benzene rings is 1. The number of nitrogens with one attached hydrogen (secondary N) is 1. The molecule has 0 saturated carbocycles. The van der Waals surface area contributed by atoms with E-state index >= 15 is 0 Å². The Bertz CT molecular complexity index is 677. The summed E-state index contributed by atoms with van der Waals surface area (Å²) >= 11 is 5.03. The third-order valence-electron chi connectivity index (χ3n) is 3.46. The maximum atomic E-state index is 4.29. The van der Waals surface area contributed by atoms with E-state index in [0.717, 1.165) is 26.7 Å². The minimum absolute atomic E-state index is 0.101. The first kappa shape index (κ1) is 14.6. The molecule has 5 nitrogen and oxygen atoms in total. The SMILES string of the molecule is CC(C)[C@H]([NH3+])c1nnc2n1NC(c1ccc(Br)cc1)=CS2. The first-order valence-electron chi connectivity index (χ1n) is 6.74. The van der Waals surface area contributed by atoms with Crippen molar-refractivity contribution < 1.29 is 5.73 Å². The molecule has 1 aromatic heterocycles. The van der Waals surface area contributed by atoms with Crippen molar-refractivity contribution in [1.29, 1.82) is 0 Å². The number of halogens is 1. The van der Waals surface area contributed by atoms with Crippen molar-refractivity contribution in [3.63, 3.8) is 0 Å². The summed E-state index contributed by atoms with van der Waals surface area (Å²) < 4.78 is 3.01. The number of aromatic nitrogens is 3. The third kappa shape index (κ3) is 2.86. The lowest BCUT2D eigenvalue weighted by Crippen LogP contribution is -2.57. The maximum absolute atomic E-state index is 4.29. The number of hydrogen-bond donors (Lipinski definition) is 2. The number of quaternary nitrogens is 1. The normalized spacial score (nSPS) is 15.4. The van der Waals surface area contributed by atoms with Crippen molar-refractivity contribution in [2.24, 2.45) is 5.92 Å². The zero-order valence-electron chi connectivity index (χ0n) is 11.9. The summed E-state index contributed by atoms with van der Waals surface area (Å²) in [6, 6.07) is 8.31. The van der Waals surface area contributed by atoms with Crippen LogP contribution in [-0.2, 0) is 0 Å². The number of thioether (sulfide) groups is 1. The van der Waals surface area contributed by atoms with E-state index < -0.39 is 0 Å². The fourth-order valence-electron chi connectivity index (χ4n) is 2.02. The third-order valence-corrected chi connectivity index (χ3v) is 4.82. The molecule has 0 aliphatic carbocycles. The Morgan fingerprint density at radius 3 is 2.62 bits per heavy atom. The smallest absolute Gasteiger partial charge is 0.214 e. The Hall–Kier alpha value is -1.31. The highest BCUT2D eigenvalue weighted by molar-refractivity contribution is 9.10. The molecular weight excluding hydrogens is 350 g/mol. The molecule has 1 aliphatic heterocycles. The van der Waals surface area contributed by atoms with Crippen LogP contribution in [0, 0.1) is 5.92 Å². The number of nitrogens with zero attached hydrogens (tertiary/aromatic N) is 3. The van der Waals surface area contributed by atoms with Gasteiger partial charge in [0.25, 0.3) is 0 Å². The van der Waals surface area contributed by atoms with E-state index in [1.54, 1.807) is 11.8 Å². The standard InChI is InChI=1S/C14H16BrN5S/c1-8(2)12(16)13-17-18-14-20(13)19-11(7-21-14)9-3-5-10(15)6-4-9/h3-8,12,19H,16H2,1-2H3/p+1/t12-/m0/s1. The topological polar surface area (TPSA) is 70.4 Å². The van der Waals surface area contributed by atoms with E-state index in [-0.39, 0.29) is 6.04 Å². The number of fused-ring (bicyclic) bond motifs is 1. The molecule has 1 atom stereocenters. The molecule has 2 heterocycles. The lowest BCUT2D eigenvalue weighted by molar-refractivity contribution is -0.440. The molecule has 0 spiro atoms. The Morgan fingerprint density at radius 1 is 1.24 bits per heavy atom. The monoisotopic (exact) mass is 366 g/mol. The summed E-state index contributed by atoms with van der Waals surface area (Å²) in [6.07, 6.45) is 0. The van der Waals surface area contributed by atoms with Crippen molar-refractivity contribution in [2.75, 3.05) is 5.43 Å². The van der Waals surface area contributed by atoms with Crippen LogP contribution in [0.15, 0.2) is 39.3 Å². The second-order valence-corrected chi connectivity index (χ2v) is 7.05. The molecule has 7 heteroatoms. The Balaban J connectivity index is 1.90. The van der Waals surface area contributed by atoms with Crippen LogP contribution in [0.2, 0.25) is 0 Å². The zero-order chi connectivity index (χ0) is 15.0. The van der Waals surface area contributed by atoms with E-state index in [2.05, 4.69) is 68.7 Å². The van der Waals surface area contributed by atoms with Gasteiger partial charge in [0.05, 0.1) is 5.70 Å². The van der Waals surface area contributed by atoms with Crippen LogP contribution >= 0.6 is 27.7 Å². The predicted molar refractivity (Wildman–Crippen MR) is 87.8 cm³/mol. The minimum atomic E-state index is 0.101. The lowest BCUT2D eigenvalue weighted by atomic mass is 10.1. The second kappa shape index (κ2) is 5.82. The molecule has 1 aromatic carbocycles. The molecule has 0 amide bonds. The molecule has 1 aliphatic rings. The van der Waals surface area contributed by atoms with Crippen LogP contribution in [0.3, 0.4) is 0 Å². The van der Waals surface area contributed by atoms with Gasteiger partial charge in [-0.25, -0.2) is 4.68 Å². The Labute approximate surface area is 136 Å². The average molecular weight is 367 g/mol. The Morgan fingerprint density at radius 2 is 1.95 bits per heavy atom. The van der Waals surface area contributed by atoms with E-state index in [1.165, 1.54) is 0 Å². The van der Waals surface area contributed by atoms with Gasteiger partial charge in [0, 0.05) is 21.4 Å². The average Bonchev–Trinajstić information content (AvgIpc) is 2.90. The van der Waals surface area contributed by atoms with Gasteiger partial charge in [-0.1, -0.05) is 53.7 Å². The first-order valence-corrected chi connectivity index (χ1v) is 8.41. The fraction of sp³-hybridized carbons (Fsp3) is 0.286. The molecule has 110 valence electrons. The minimum Gasteiger partial charge on any atom is -0.348 e. The van der Waals surface area contributed by atoms with Crippen LogP contribution in [0.4, 0.5) is 0 Å². The van der Waals surface area contributed by atoms with E-state index in [9.17, 15) is 0 Å². The first-order chi connectivity index (χ1) is 10.1. The zero-order valence-corrected chi connectivity index (χ0v) is 14.3. The van der Waals surface area contributed by atoms with Crippen molar-refractivity contribution in [2.45, 2.75) is 25.0 Å². The van der Waals surface area contributed by atoms with Crippen LogP contribution in [0.25, 0.3) is 5.70 Å². The molecule has 0 fully saturated rings. The van der Waals surface area contributed by atoms with Crippen LogP contribution in [0.1, 0.15) is 31.3 Å². The second-order valence-electron chi connectivity index (χ2n) is 5.29. The van der Waals surface area contributed by atoms with Crippen molar-refractivity contribution in [1.82, 2.24) is 14.9 Å². The summed E-state index contributed by atoms with van der Waals surface area (Å²) in [7, 11) is 0. The molecule has 0 radical (unpaired) electrons. The molecule has 4 N–H and O–H groups in total. The maximum Gasteiger partial charge on any atom is 0.214 e. The number of rotatable bonds is 3. The summed E-state index contributed by atoms with van der Waals surface area (Å²) in [5.74, 6) is 1.28. The van der Waals surface area contributed by atoms with Crippen molar-refractivity contribution in [3.05, 3.63) is 45.5 Å². The molecule has 0 saturated heterocycles. The highest BCUT2D eigenvalue weighted by Gasteiger charge is 2.26. The summed E-state index contributed by atoms with van der Waals surface area (Å²) in [5, 5.41) is 11.4. The fourth-order valence-corrected chi connectivity index (χ4v) is 3.03. The predicted octanol–water partition coefficient (Wildman–Crippen LogP) is 2.63. The highest BCUT2D eigenvalue weighted by Crippen LogP contribution is 2.30. The molecular formula is C14H17BrN5S+.